The van der Waals surface area contributed by atoms with Crippen molar-refractivity contribution >= 4 is 11.0 Å². The van der Waals surface area contributed by atoms with Crippen LogP contribution in [0.3, 0.4) is 0 Å². The number of nitrogens with one attached hydrogen (secondary N) is 1. The first-order valence-electron chi connectivity index (χ1n) is 9.59. The molecule has 0 spiro atoms. The molecule has 5 aromatic rings. The van der Waals surface area contributed by atoms with Gasteiger partial charge >= 0.3 is 0 Å². The summed E-state index contributed by atoms with van der Waals surface area (Å²) in [5.41, 5.74) is 4.09. The number of aromatic nitrogens is 5. The predicted molar refractivity (Wildman–Crippen MR) is 116 cm³/mol. The minimum absolute atomic E-state index is 0.380. The zero-order valence-corrected chi connectivity index (χ0v) is 16.6. The van der Waals surface area contributed by atoms with E-state index in [4.69, 9.17) is 9.47 Å². The molecule has 0 saturated carbocycles. The molecule has 0 saturated heterocycles. The molecule has 2 aromatic carbocycles. The molecule has 0 bridgehead atoms. The van der Waals surface area contributed by atoms with E-state index in [1.54, 1.807) is 31.9 Å². The number of hydrogen-bond donors (Lipinski definition) is 1. The number of aromatic amines is 1. The van der Waals surface area contributed by atoms with Crippen LogP contribution in [0, 0.1) is 6.42 Å². The number of hydrogen-bond acceptors (Lipinski definition) is 6. The van der Waals surface area contributed by atoms with Crippen LogP contribution in [0.15, 0.2) is 79.4 Å². The van der Waals surface area contributed by atoms with Gasteiger partial charge in [0.1, 0.15) is 23.0 Å². The van der Waals surface area contributed by atoms with Crippen molar-refractivity contribution in [3.8, 4) is 28.6 Å². The van der Waals surface area contributed by atoms with Gasteiger partial charge in [0.25, 0.3) is 0 Å². The molecule has 2 radical (unpaired) electrons. The Hall–Kier alpha value is -4.26. The number of para-hydroxylation sites is 2. The van der Waals surface area contributed by atoms with Gasteiger partial charge in [-0.3, -0.25) is 4.98 Å². The normalized spacial score (nSPS) is 10.9. The second kappa shape index (κ2) is 8.23. The maximum Gasteiger partial charge on any atom is 0.246 e. The molecule has 0 atom stereocenters. The van der Waals surface area contributed by atoms with Crippen LogP contribution in [-0.4, -0.2) is 32.0 Å². The fourth-order valence-corrected chi connectivity index (χ4v) is 3.19. The summed E-state index contributed by atoms with van der Waals surface area (Å²) in [6, 6.07) is 17.2. The molecule has 3 heterocycles. The molecule has 3 aromatic heterocycles. The van der Waals surface area contributed by atoms with E-state index in [0.717, 1.165) is 22.2 Å². The monoisotopic (exact) mass is 407 g/mol. The Bertz CT molecular complexity index is 1300. The van der Waals surface area contributed by atoms with Crippen molar-refractivity contribution in [2.75, 3.05) is 7.11 Å². The molecular weight excluding hydrogens is 390 g/mol. The Labute approximate surface area is 178 Å². The Balaban J connectivity index is 1.37. The molecular formula is C24H17N5O2. The van der Waals surface area contributed by atoms with Gasteiger partial charge in [0.2, 0.25) is 5.88 Å². The number of fused-ring (bicyclic) bond motifs is 1. The summed E-state index contributed by atoms with van der Waals surface area (Å²) in [5.74, 6) is 2.28. The molecule has 0 unspecified atom stereocenters. The van der Waals surface area contributed by atoms with Gasteiger partial charge in [-0.2, -0.15) is 0 Å². The third-order valence-corrected chi connectivity index (χ3v) is 4.65. The number of pyridine rings is 1. The highest BCUT2D eigenvalue weighted by Gasteiger charge is 2.15. The SMILES string of the molecule is COc1cnccc1-c1nccnc1Oc1ccc([C]c2nc3ccccc3[nH]2)cc1. The lowest BCUT2D eigenvalue weighted by Crippen LogP contribution is -1.97. The van der Waals surface area contributed by atoms with Crippen molar-refractivity contribution in [1.29, 1.82) is 0 Å². The maximum atomic E-state index is 6.02. The third kappa shape index (κ3) is 3.93. The molecule has 0 aliphatic carbocycles. The van der Waals surface area contributed by atoms with Crippen LogP contribution in [0.2, 0.25) is 0 Å². The van der Waals surface area contributed by atoms with Crippen LogP contribution in [0.5, 0.6) is 17.4 Å². The first kappa shape index (κ1) is 18.7. The molecule has 31 heavy (non-hydrogen) atoms. The van der Waals surface area contributed by atoms with Gasteiger partial charge in [0, 0.05) is 18.6 Å². The number of methoxy groups -OCH3 is 1. The topological polar surface area (TPSA) is 85.8 Å². The highest BCUT2D eigenvalue weighted by atomic mass is 16.5. The van der Waals surface area contributed by atoms with Crippen molar-refractivity contribution in [2.45, 2.75) is 0 Å². The van der Waals surface area contributed by atoms with Crippen LogP contribution in [0.25, 0.3) is 22.3 Å². The van der Waals surface area contributed by atoms with E-state index in [1.807, 2.05) is 54.6 Å². The van der Waals surface area contributed by atoms with E-state index < -0.39 is 0 Å². The Morgan fingerprint density at radius 3 is 2.58 bits per heavy atom. The second-order valence-corrected chi connectivity index (χ2v) is 6.64. The summed E-state index contributed by atoms with van der Waals surface area (Å²) in [7, 11) is 1.59. The Morgan fingerprint density at radius 2 is 1.74 bits per heavy atom. The molecule has 5 rings (SSSR count). The molecule has 7 heteroatoms. The quantitative estimate of drug-likeness (QED) is 0.439. The van der Waals surface area contributed by atoms with Gasteiger partial charge in [-0.05, 0) is 35.9 Å². The standard InChI is InChI=1S/C24H17N5O2/c1-30-21-15-25-11-10-18(21)23-24(27-13-12-26-23)31-17-8-6-16(7-9-17)14-22-28-19-4-2-3-5-20(19)29-22/h2-13,15H,1H3,(H,28,29). The lowest BCUT2D eigenvalue weighted by molar-refractivity contribution is 0.413. The van der Waals surface area contributed by atoms with E-state index in [1.165, 1.54) is 0 Å². The number of ether oxygens (including phenoxy) is 2. The zero-order valence-electron chi connectivity index (χ0n) is 16.6. The number of nitrogens with zero attached hydrogens (tertiary/aromatic N) is 4. The zero-order chi connectivity index (χ0) is 21.0. The predicted octanol–water partition coefficient (Wildman–Crippen LogP) is 4.69. The first-order chi connectivity index (χ1) is 15.3. The molecule has 150 valence electrons. The lowest BCUT2D eigenvalue weighted by Gasteiger charge is -2.11. The number of imidazole rings is 1. The minimum Gasteiger partial charge on any atom is -0.494 e. The van der Waals surface area contributed by atoms with Gasteiger partial charge in [-0.15, -0.1) is 0 Å². The Morgan fingerprint density at radius 1 is 0.903 bits per heavy atom. The largest absolute Gasteiger partial charge is 0.494 e. The lowest BCUT2D eigenvalue weighted by atomic mass is 10.1. The second-order valence-electron chi connectivity index (χ2n) is 6.64. The van der Waals surface area contributed by atoms with E-state index in [2.05, 4.69) is 31.3 Å². The molecule has 1 N–H and O–H groups in total. The van der Waals surface area contributed by atoms with Crippen molar-refractivity contribution in [3.05, 3.63) is 97.2 Å². The van der Waals surface area contributed by atoms with Crippen molar-refractivity contribution in [3.63, 3.8) is 0 Å². The maximum absolute atomic E-state index is 6.02. The highest BCUT2D eigenvalue weighted by molar-refractivity contribution is 5.75. The molecule has 0 amide bonds. The molecule has 0 aliphatic rings. The number of rotatable bonds is 6. The first-order valence-corrected chi connectivity index (χ1v) is 9.59. The van der Waals surface area contributed by atoms with Crippen LogP contribution < -0.4 is 9.47 Å². The van der Waals surface area contributed by atoms with Crippen LogP contribution >= 0.6 is 0 Å². The minimum atomic E-state index is 0.380. The fraction of sp³-hybridized carbons (Fsp3) is 0.0417. The van der Waals surface area contributed by atoms with Crippen LogP contribution in [-0.2, 0) is 0 Å². The summed E-state index contributed by atoms with van der Waals surface area (Å²) in [6.45, 7) is 0. The van der Waals surface area contributed by atoms with Gasteiger partial charge < -0.3 is 14.5 Å². The highest BCUT2D eigenvalue weighted by Crippen LogP contribution is 2.34. The van der Waals surface area contributed by atoms with Crippen molar-refractivity contribution in [1.82, 2.24) is 24.9 Å². The van der Waals surface area contributed by atoms with E-state index in [9.17, 15) is 0 Å². The van der Waals surface area contributed by atoms with Gasteiger partial charge in [-0.25, -0.2) is 15.0 Å². The third-order valence-electron chi connectivity index (χ3n) is 4.65. The summed E-state index contributed by atoms with van der Waals surface area (Å²) in [5, 5.41) is 0. The number of H-pyrrole nitrogens is 1. The van der Waals surface area contributed by atoms with E-state index in [0.29, 0.717) is 28.9 Å². The fourth-order valence-electron chi connectivity index (χ4n) is 3.19. The summed E-state index contributed by atoms with van der Waals surface area (Å²) < 4.78 is 11.4. The van der Waals surface area contributed by atoms with Crippen molar-refractivity contribution < 1.29 is 9.47 Å². The summed E-state index contributed by atoms with van der Waals surface area (Å²) in [4.78, 5) is 20.6. The molecule has 0 aliphatic heterocycles. The van der Waals surface area contributed by atoms with Crippen molar-refractivity contribution in [2.24, 2.45) is 0 Å². The summed E-state index contributed by atoms with van der Waals surface area (Å²) >= 11 is 0. The average Bonchev–Trinajstić information content (AvgIpc) is 3.23. The van der Waals surface area contributed by atoms with Gasteiger partial charge in [0.15, 0.2) is 0 Å². The molecule has 7 nitrogen and oxygen atoms in total. The number of benzene rings is 2. The van der Waals surface area contributed by atoms with E-state index >= 15 is 0 Å². The smallest absolute Gasteiger partial charge is 0.246 e. The Kier molecular flexibility index (Phi) is 4.98. The average molecular weight is 407 g/mol. The van der Waals surface area contributed by atoms with E-state index in [-0.39, 0.29) is 0 Å². The van der Waals surface area contributed by atoms with Crippen LogP contribution in [0.1, 0.15) is 11.4 Å². The van der Waals surface area contributed by atoms with Gasteiger partial charge in [0.05, 0.1) is 36.3 Å². The summed E-state index contributed by atoms with van der Waals surface area (Å²) in [6.07, 6.45) is 9.77. The van der Waals surface area contributed by atoms with Gasteiger partial charge in [-0.1, -0.05) is 24.3 Å². The van der Waals surface area contributed by atoms with Crippen LogP contribution in [0.4, 0.5) is 0 Å². The molecule has 0 fully saturated rings.